The predicted molar refractivity (Wildman–Crippen MR) is 84.9 cm³/mol. The summed E-state index contributed by atoms with van der Waals surface area (Å²) in [4.78, 5) is 11.6. The van der Waals surface area contributed by atoms with E-state index in [2.05, 4.69) is 0 Å². The van der Waals surface area contributed by atoms with E-state index in [1.165, 1.54) is 0 Å². The van der Waals surface area contributed by atoms with Crippen LogP contribution in [0.15, 0.2) is 36.4 Å². The van der Waals surface area contributed by atoms with Gasteiger partial charge in [-0.2, -0.15) is 0 Å². The van der Waals surface area contributed by atoms with Gasteiger partial charge in [-0.25, -0.2) is 0 Å². The molecule has 0 heterocycles. The fourth-order valence-electron chi connectivity index (χ4n) is 2.99. The van der Waals surface area contributed by atoms with E-state index in [9.17, 15) is 9.90 Å². The summed E-state index contributed by atoms with van der Waals surface area (Å²) in [7, 11) is 1.65. The minimum atomic E-state index is -0.803. The maximum Gasteiger partial charge on any atom is 0.309 e. The second-order valence-electron chi connectivity index (χ2n) is 5.92. The van der Waals surface area contributed by atoms with Crippen LogP contribution in [-0.2, 0) is 4.79 Å². The molecular weight excluding hydrogens is 264 g/mol. The average Bonchev–Trinajstić information content (AvgIpc) is 2.47. The Balaban J connectivity index is 2.62. The number of rotatable bonds is 5. The Bertz CT molecular complexity index is 659. The summed E-state index contributed by atoms with van der Waals surface area (Å²) >= 11 is 0. The lowest BCUT2D eigenvalue weighted by Crippen LogP contribution is -2.31. The normalized spacial score (nSPS) is 13.1. The van der Waals surface area contributed by atoms with E-state index < -0.39 is 11.4 Å². The molecule has 2 aromatic carbocycles. The van der Waals surface area contributed by atoms with Crippen LogP contribution in [0.5, 0.6) is 5.75 Å². The topological polar surface area (TPSA) is 46.5 Å². The quantitative estimate of drug-likeness (QED) is 0.883. The number of fused-ring (bicyclic) bond motifs is 1. The van der Waals surface area contributed by atoms with Crippen LogP contribution < -0.4 is 4.74 Å². The summed E-state index contributed by atoms with van der Waals surface area (Å²) < 4.78 is 5.26. The highest BCUT2D eigenvalue weighted by Gasteiger charge is 2.37. The zero-order valence-corrected chi connectivity index (χ0v) is 13.0. The molecule has 21 heavy (non-hydrogen) atoms. The molecule has 112 valence electrons. The molecule has 1 atom stereocenters. The van der Waals surface area contributed by atoms with Crippen molar-refractivity contribution < 1.29 is 14.6 Å². The Labute approximate surface area is 125 Å². The van der Waals surface area contributed by atoms with Crippen LogP contribution in [0.4, 0.5) is 0 Å². The predicted octanol–water partition coefficient (Wildman–Crippen LogP) is 4.45. The standard InChI is InChI=1S/C18H22O3/c1-5-16(18(2,3)17(19)20)15-8-6-7-12-11-13(21-4)9-10-14(12)15/h6-11,16H,5H2,1-4H3,(H,19,20). The van der Waals surface area contributed by atoms with Gasteiger partial charge in [0.25, 0.3) is 0 Å². The molecule has 0 saturated carbocycles. The summed E-state index contributed by atoms with van der Waals surface area (Å²) in [6.07, 6.45) is 0.782. The van der Waals surface area contributed by atoms with Crippen molar-refractivity contribution in [3.8, 4) is 5.75 Å². The van der Waals surface area contributed by atoms with Crippen molar-refractivity contribution >= 4 is 16.7 Å². The fraction of sp³-hybridized carbons (Fsp3) is 0.389. The summed E-state index contributed by atoms with van der Waals surface area (Å²) in [5.74, 6) is 0.0113. The Hall–Kier alpha value is -2.03. The maximum atomic E-state index is 11.6. The van der Waals surface area contributed by atoms with E-state index in [0.29, 0.717) is 0 Å². The second kappa shape index (κ2) is 5.76. The third-order valence-electron chi connectivity index (χ3n) is 4.33. The summed E-state index contributed by atoms with van der Waals surface area (Å²) in [5, 5.41) is 11.7. The van der Waals surface area contributed by atoms with Crippen molar-refractivity contribution in [3.63, 3.8) is 0 Å². The Morgan fingerprint density at radius 2 is 2.00 bits per heavy atom. The molecule has 0 aliphatic heterocycles. The molecule has 1 N–H and O–H groups in total. The number of hydrogen-bond acceptors (Lipinski definition) is 2. The van der Waals surface area contributed by atoms with Gasteiger partial charge in [0.15, 0.2) is 0 Å². The minimum Gasteiger partial charge on any atom is -0.497 e. The molecule has 0 aromatic heterocycles. The summed E-state index contributed by atoms with van der Waals surface area (Å²) in [5.41, 5.74) is 0.285. The van der Waals surface area contributed by atoms with Gasteiger partial charge in [-0.1, -0.05) is 31.2 Å². The highest BCUT2D eigenvalue weighted by atomic mass is 16.5. The zero-order valence-electron chi connectivity index (χ0n) is 13.0. The van der Waals surface area contributed by atoms with Crippen LogP contribution in [0.2, 0.25) is 0 Å². The van der Waals surface area contributed by atoms with Gasteiger partial charge < -0.3 is 9.84 Å². The lowest BCUT2D eigenvalue weighted by Gasteiger charge is -2.31. The molecule has 2 aromatic rings. The largest absolute Gasteiger partial charge is 0.497 e. The van der Waals surface area contributed by atoms with Crippen LogP contribution in [0.3, 0.4) is 0 Å². The first-order valence-electron chi connectivity index (χ1n) is 7.21. The Kier molecular flexibility index (Phi) is 4.21. The van der Waals surface area contributed by atoms with Crippen LogP contribution in [0.1, 0.15) is 38.7 Å². The molecule has 1 unspecified atom stereocenters. The minimum absolute atomic E-state index is 0.0351. The highest BCUT2D eigenvalue weighted by molar-refractivity contribution is 5.88. The molecule has 0 aliphatic carbocycles. The highest BCUT2D eigenvalue weighted by Crippen LogP contribution is 2.41. The maximum absolute atomic E-state index is 11.6. The Morgan fingerprint density at radius 3 is 2.57 bits per heavy atom. The number of methoxy groups -OCH3 is 1. The van der Waals surface area contributed by atoms with Crippen molar-refractivity contribution in [2.75, 3.05) is 7.11 Å². The van der Waals surface area contributed by atoms with E-state index in [1.807, 2.05) is 43.3 Å². The van der Waals surface area contributed by atoms with Gasteiger partial charge >= 0.3 is 5.97 Å². The molecule has 0 amide bonds. The van der Waals surface area contributed by atoms with E-state index >= 15 is 0 Å². The number of benzene rings is 2. The smallest absolute Gasteiger partial charge is 0.309 e. The monoisotopic (exact) mass is 286 g/mol. The Morgan fingerprint density at radius 1 is 1.29 bits per heavy atom. The van der Waals surface area contributed by atoms with Gasteiger partial charge in [0, 0.05) is 0 Å². The number of carbonyl (C=O) groups is 1. The zero-order chi connectivity index (χ0) is 15.6. The van der Waals surface area contributed by atoms with Gasteiger partial charge in [0.2, 0.25) is 0 Å². The van der Waals surface area contributed by atoms with Gasteiger partial charge in [-0.15, -0.1) is 0 Å². The van der Waals surface area contributed by atoms with E-state index in [1.54, 1.807) is 21.0 Å². The van der Waals surface area contributed by atoms with Crippen LogP contribution in [0.25, 0.3) is 10.8 Å². The lowest BCUT2D eigenvalue weighted by molar-refractivity contribution is -0.148. The molecule has 3 nitrogen and oxygen atoms in total. The molecule has 3 heteroatoms. The number of hydrogen-bond donors (Lipinski definition) is 1. The van der Waals surface area contributed by atoms with Crippen molar-refractivity contribution in [3.05, 3.63) is 42.0 Å². The van der Waals surface area contributed by atoms with Gasteiger partial charge in [-0.3, -0.25) is 4.79 Å². The number of carboxylic acid groups (broad SMARTS) is 1. The molecule has 0 fully saturated rings. The molecule has 2 rings (SSSR count). The first-order chi connectivity index (χ1) is 9.91. The number of ether oxygens (including phenoxy) is 1. The first kappa shape index (κ1) is 15.4. The summed E-state index contributed by atoms with van der Waals surface area (Å²) in [6.45, 7) is 5.63. The van der Waals surface area contributed by atoms with Crippen molar-refractivity contribution in [1.29, 1.82) is 0 Å². The first-order valence-corrected chi connectivity index (χ1v) is 7.21. The van der Waals surface area contributed by atoms with Crippen molar-refractivity contribution in [2.24, 2.45) is 5.41 Å². The van der Waals surface area contributed by atoms with Crippen molar-refractivity contribution in [2.45, 2.75) is 33.1 Å². The van der Waals surface area contributed by atoms with Crippen LogP contribution in [-0.4, -0.2) is 18.2 Å². The lowest BCUT2D eigenvalue weighted by atomic mass is 9.72. The van der Waals surface area contributed by atoms with Gasteiger partial charge in [0.1, 0.15) is 5.75 Å². The number of carboxylic acids is 1. The third-order valence-corrected chi connectivity index (χ3v) is 4.33. The number of aliphatic carboxylic acids is 1. The SMILES string of the molecule is CCC(c1cccc2cc(OC)ccc12)C(C)(C)C(=O)O. The molecule has 0 radical (unpaired) electrons. The van der Waals surface area contributed by atoms with Crippen molar-refractivity contribution in [1.82, 2.24) is 0 Å². The fourth-order valence-corrected chi connectivity index (χ4v) is 2.99. The van der Waals surface area contributed by atoms with E-state index in [0.717, 1.165) is 28.5 Å². The molecule has 0 aliphatic rings. The molecule has 0 bridgehead atoms. The third kappa shape index (κ3) is 2.73. The molecule has 0 saturated heterocycles. The molecule has 0 spiro atoms. The van der Waals surface area contributed by atoms with E-state index in [4.69, 9.17) is 4.74 Å². The van der Waals surface area contributed by atoms with E-state index in [-0.39, 0.29) is 5.92 Å². The second-order valence-corrected chi connectivity index (χ2v) is 5.92. The van der Waals surface area contributed by atoms with Crippen LogP contribution in [0, 0.1) is 5.41 Å². The summed E-state index contributed by atoms with van der Waals surface area (Å²) in [6, 6.07) is 12.0. The average molecular weight is 286 g/mol. The van der Waals surface area contributed by atoms with Gasteiger partial charge in [0.05, 0.1) is 12.5 Å². The molecular formula is C18H22O3. The van der Waals surface area contributed by atoms with Gasteiger partial charge in [-0.05, 0) is 54.7 Å². The van der Waals surface area contributed by atoms with Crippen LogP contribution >= 0.6 is 0 Å².